The lowest BCUT2D eigenvalue weighted by Crippen LogP contribution is -2.36. The van der Waals surface area contributed by atoms with E-state index in [1.54, 1.807) is 17.5 Å². The van der Waals surface area contributed by atoms with Crippen LogP contribution in [0.5, 0.6) is 0 Å². The molecule has 1 atom stereocenters. The first kappa shape index (κ1) is 21.2. The molecule has 4 aromatic heterocycles. The molecular formula is C24H26N8OS. The molecule has 4 aromatic rings. The summed E-state index contributed by atoms with van der Waals surface area (Å²) in [7, 11) is 0. The molecule has 0 saturated carbocycles. The smallest absolute Gasteiger partial charge is 0.162 e. The lowest BCUT2D eigenvalue weighted by Gasteiger charge is -2.28. The summed E-state index contributed by atoms with van der Waals surface area (Å²) in [5.74, 6) is 3.02. The summed E-state index contributed by atoms with van der Waals surface area (Å²) in [5, 5.41) is 12.4. The Bertz CT molecular complexity index is 1270. The third kappa shape index (κ3) is 4.52. The Labute approximate surface area is 201 Å². The van der Waals surface area contributed by atoms with Crippen molar-refractivity contribution in [2.24, 2.45) is 0 Å². The molecule has 2 saturated heterocycles. The van der Waals surface area contributed by atoms with Crippen molar-refractivity contribution in [3.05, 3.63) is 48.1 Å². The highest BCUT2D eigenvalue weighted by atomic mass is 32.1. The molecule has 0 aliphatic carbocycles. The Kier molecular flexibility index (Phi) is 5.92. The predicted octanol–water partition coefficient (Wildman–Crippen LogP) is 3.50. The first-order valence-electron chi connectivity index (χ1n) is 11.6. The van der Waals surface area contributed by atoms with Crippen LogP contribution in [0, 0.1) is 0 Å². The van der Waals surface area contributed by atoms with E-state index < -0.39 is 0 Å². The van der Waals surface area contributed by atoms with Crippen molar-refractivity contribution in [1.82, 2.24) is 25.3 Å². The summed E-state index contributed by atoms with van der Waals surface area (Å²) in [6.45, 7) is 5.27. The number of aromatic nitrogens is 4. The minimum atomic E-state index is 0.384. The maximum atomic E-state index is 5.43. The number of thiophene rings is 1. The van der Waals surface area contributed by atoms with E-state index in [9.17, 15) is 0 Å². The van der Waals surface area contributed by atoms with Gasteiger partial charge in [0.05, 0.1) is 35.3 Å². The molecular weight excluding hydrogens is 448 g/mol. The van der Waals surface area contributed by atoms with Crippen LogP contribution >= 0.6 is 11.3 Å². The van der Waals surface area contributed by atoms with Crippen molar-refractivity contribution in [3.8, 4) is 11.4 Å². The number of fused-ring (bicyclic) bond motifs is 1. The molecule has 0 unspecified atom stereocenters. The van der Waals surface area contributed by atoms with Gasteiger partial charge in [0, 0.05) is 37.4 Å². The van der Waals surface area contributed by atoms with Crippen LogP contribution in [0.25, 0.3) is 21.6 Å². The zero-order valence-corrected chi connectivity index (χ0v) is 19.5. The molecule has 3 N–H and O–H groups in total. The molecule has 34 heavy (non-hydrogen) atoms. The average molecular weight is 475 g/mol. The number of nitrogens with one attached hydrogen (secondary N) is 3. The van der Waals surface area contributed by atoms with Crippen LogP contribution < -0.4 is 20.9 Å². The van der Waals surface area contributed by atoms with Gasteiger partial charge in [0.2, 0.25) is 0 Å². The maximum Gasteiger partial charge on any atom is 0.162 e. The van der Waals surface area contributed by atoms with E-state index in [2.05, 4.69) is 42.3 Å². The number of hydrogen-bond acceptors (Lipinski definition) is 10. The third-order valence-corrected chi connectivity index (χ3v) is 7.01. The maximum absolute atomic E-state index is 5.43. The van der Waals surface area contributed by atoms with Crippen molar-refractivity contribution < 1.29 is 4.74 Å². The quantitative estimate of drug-likeness (QED) is 0.388. The van der Waals surface area contributed by atoms with Gasteiger partial charge in [-0.1, -0.05) is 0 Å². The number of anilines is 4. The second-order valence-corrected chi connectivity index (χ2v) is 9.34. The van der Waals surface area contributed by atoms with Crippen molar-refractivity contribution in [2.45, 2.75) is 12.5 Å². The summed E-state index contributed by atoms with van der Waals surface area (Å²) in [4.78, 5) is 21.0. The van der Waals surface area contributed by atoms with Gasteiger partial charge in [-0.05, 0) is 48.7 Å². The number of pyridine rings is 2. The lowest BCUT2D eigenvalue weighted by molar-refractivity contribution is 0.122. The molecule has 2 aliphatic heterocycles. The topological polar surface area (TPSA) is 100 Å². The highest BCUT2D eigenvalue weighted by Crippen LogP contribution is 2.30. The van der Waals surface area contributed by atoms with Gasteiger partial charge >= 0.3 is 0 Å². The summed E-state index contributed by atoms with van der Waals surface area (Å²) >= 11 is 1.67. The Balaban J connectivity index is 1.23. The van der Waals surface area contributed by atoms with Crippen LogP contribution in [0.1, 0.15) is 6.42 Å². The normalized spacial score (nSPS) is 18.4. The van der Waals surface area contributed by atoms with Gasteiger partial charge in [-0.25, -0.2) is 19.9 Å². The number of nitrogens with zero attached hydrogens (tertiary/aromatic N) is 5. The van der Waals surface area contributed by atoms with E-state index in [0.29, 0.717) is 17.7 Å². The van der Waals surface area contributed by atoms with E-state index >= 15 is 0 Å². The predicted molar refractivity (Wildman–Crippen MR) is 136 cm³/mol. The first-order chi connectivity index (χ1) is 16.8. The Morgan fingerprint density at radius 1 is 1.06 bits per heavy atom. The van der Waals surface area contributed by atoms with Gasteiger partial charge < -0.3 is 25.6 Å². The monoisotopic (exact) mass is 474 g/mol. The average Bonchev–Trinajstić information content (AvgIpc) is 3.57. The fourth-order valence-corrected chi connectivity index (χ4v) is 5.08. The second-order valence-electron chi connectivity index (χ2n) is 8.42. The standard InChI is InChI=1S/C24H26N8OS/c1-2-20(27-15-18(1)32-8-10-33-11-9-32)30-21-13-16(3-7-26-21)23-29-19-5-12-34-22(19)24(31-23)28-17-4-6-25-14-17/h1-3,5,7,12-13,15,17,25H,4,6,8-11,14H2,(H,26,27,30)(H,28,29,31)/t17-/m1/s1. The van der Waals surface area contributed by atoms with Gasteiger partial charge in [-0.2, -0.15) is 0 Å². The van der Waals surface area contributed by atoms with E-state index in [1.165, 1.54) is 0 Å². The van der Waals surface area contributed by atoms with Gasteiger partial charge in [0.25, 0.3) is 0 Å². The minimum Gasteiger partial charge on any atom is -0.378 e. The highest BCUT2D eigenvalue weighted by molar-refractivity contribution is 7.17. The fourth-order valence-electron chi connectivity index (χ4n) is 4.30. The Hall–Kier alpha value is -3.34. The molecule has 174 valence electrons. The molecule has 6 heterocycles. The molecule has 0 spiro atoms. The van der Waals surface area contributed by atoms with Crippen LogP contribution in [-0.2, 0) is 4.74 Å². The number of ether oxygens (including phenoxy) is 1. The second kappa shape index (κ2) is 9.49. The van der Waals surface area contributed by atoms with Gasteiger partial charge in [0.1, 0.15) is 17.5 Å². The SMILES string of the molecule is c1cc(-c2nc(N[C@@H]3CCNC3)c3sccc3n2)cc(Nc2ccc(N3CCOCC3)cn2)n1. The van der Waals surface area contributed by atoms with E-state index in [-0.39, 0.29) is 0 Å². The minimum absolute atomic E-state index is 0.384. The third-order valence-electron chi connectivity index (χ3n) is 6.10. The lowest BCUT2D eigenvalue weighted by atomic mass is 10.2. The number of hydrogen-bond donors (Lipinski definition) is 3. The van der Waals surface area contributed by atoms with Crippen LogP contribution in [-0.4, -0.2) is 65.4 Å². The molecule has 0 radical (unpaired) electrons. The summed E-state index contributed by atoms with van der Waals surface area (Å²) < 4.78 is 6.52. The molecule has 2 fully saturated rings. The van der Waals surface area contributed by atoms with Crippen molar-refractivity contribution in [3.63, 3.8) is 0 Å². The largest absolute Gasteiger partial charge is 0.378 e. The van der Waals surface area contributed by atoms with Crippen molar-refractivity contribution in [1.29, 1.82) is 0 Å². The van der Waals surface area contributed by atoms with Gasteiger partial charge in [0.15, 0.2) is 5.82 Å². The van der Waals surface area contributed by atoms with Gasteiger partial charge in [-0.3, -0.25) is 0 Å². The molecule has 0 amide bonds. The molecule has 0 bridgehead atoms. The summed E-state index contributed by atoms with van der Waals surface area (Å²) in [6.07, 6.45) is 4.75. The summed E-state index contributed by atoms with van der Waals surface area (Å²) in [6, 6.07) is 10.4. The van der Waals surface area contributed by atoms with E-state index in [4.69, 9.17) is 14.7 Å². The van der Waals surface area contributed by atoms with Crippen LogP contribution in [0.15, 0.2) is 48.1 Å². The zero-order valence-electron chi connectivity index (χ0n) is 18.7. The first-order valence-corrected chi connectivity index (χ1v) is 12.4. The molecule has 6 rings (SSSR count). The Morgan fingerprint density at radius 3 is 2.82 bits per heavy atom. The van der Waals surface area contributed by atoms with Crippen LogP contribution in [0.2, 0.25) is 0 Å². The van der Waals surface area contributed by atoms with Crippen molar-refractivity contribution in [2.75, 3.05) is 54.9 Å². The Morgan fingerprint density at radius 2 is 2.00 bits per heavy atom. The highest BCUT2D eigenvalue weighted by Gasteiger charge is 2.18. The van der Waals surface area contributed by atoms with Gasteiger partial charge in [-0.15, -0.1) is 11.3 Å². The zero-order chi connectivity index (χ0) is 22.7. The van der Waals surface area contributed by atoms with E-state index in [1.807, 2.05) is 30.5 Å². The van der Waals surface area contributed by atoms with Crippen molar-refractivity contribution >= 4 is 44.7 Å². The number of morpholine rings is 1. The fraction of sp³-hybridized carbons (Fsp3) is 0.333. The van der Waals surface area contributed by atoms with Crippen LogP contribution in [0.3, 0.4) is 0 Å². The molecule has 0 aromatic carbocycles. The number of rotatable bonds is 6. The molecule has 2 aliphatic rings. The van der Waals surface area contributed by atoms with Crippen LogP contribution in [0.4, 0.5) is 23.1 Å². The summed E-state index contributed by atoms with van der Waals surface area (Å²) in [5.41, 5.74) is 2.96. The van der Waals surface area contributed by atoms with E-state index in [0.717, 1.165) is 78.9 Å². The molecule has 10 heteroatoms. The molecule has 9 nitrogen and oxygen atoms in total.